The quantitative estimate of drug-likeness (QED) is 0.828. The number of carboxylic acid groups (broad SMARTS) is 1. The largest absolute Gasteiger partial charge is 0.481 e. The van der Waals surface area contributed by atoms with Gasteiger partial charge in [-0.2, -0.15) is 0 Å². The highest BCUT2D eigenvalue weighted by Crippen LogP contribution is 2.26. The average molecular weight is 297 g/mol. The molecule has 1 aromatic heterocycles. The van der Waals surface area contributed by atoms with E-state index in [0.717, 1.165) is 10.7 Å². The lowest BCUT2D eigenvalue weighted by Gasteiger charge is -2.00. The summed E-state index contributed by atoms with van der Waals surface area (Å²) in [5.41, 5.74) is 0.788. The van der Waals surface area contributed by atoms with E-state index in [1.54, 1.807) is 18.2 Å². The zero-order valence-corrected chi connectivity index (χ0v) is 11.6. The Kier molecular flexibility index (Phi) is 4.93. The first-order valence-corrected chi connectivity index (χ1v) is 7.54. The van der Waals surface area contributed by atoms with Crippen LogP contribution in [0.25, 0.3) is 0 Å². The van der Waals surface area contributed by atoms with Crippen LogP contribution in [-0.4, -0.2) is 16.1 Å². The second kappa shape index (κ2) is 6.68. The number of aromatic nitrogens is 1. The third kappa shape index (κ3) is 4.33. The Balaban J connectivity index is 1.90. The van der Waals surface area contributed by atoms with E-state index in [2.05, 4.69) is 4.98 Å². The molecule has 0 aliphatic rings. The van der Waals surface area contributed by atoms with Crippen LogP contribution in [0.1, 0.15) is 17.1 Å². The molecule has 0 bridgehead atoms. The standard InChI is InChI=1S/C13H12FNO2S2/c14-10-3-1-2-4-11(10)18-8-12-15-9(7-19-12)5-6-13(16)17/h1-4,7H,5-6,8H2,(H,16,17). The summed E-state index contributed by atoms with van der Waals surface area (Å²) >= 11 is 2.87. The fraction of sp³-hybridized carbons (Fsp3) is 0.231. The summed E-state index contributed by atoms with van der Waals surface area (Å²) in [6, 6.07) is 6.62. The van der Waals surface area contributed by atoms with Gasteiger partial charge < -0.3 is 5.11 Å². The number of hydrogen-bond acceptors (Lipinski definition) is 4. The Hall–Kier alpha value is -1.40. The van der Waals surface area contributed by atoms with Crippen molar-refractivity contribution in [2.75, 3.05) is 0 Å². The summed E-state index contributed by atoms with van der Waals surface area (Å²) in [6.07, 6.45) is 0.528. The zero-order valence-electron chi connectivity index (χ0n) is 10.0. The van der Waals surface area contributed by atoms with Gasteiger partial charge in [-0.15, -0.1) is 23.1 Å². The van der Waals surface area contributed by atoms with Crippen LogP contribution in [0.5, 0.6) is 0 Å². The molecule has 1 N–H and O–H groups in total. The molecule has 0 spiro atoms. The van der Waals surface area contributed by atoms with Crippen LogP contribution >= 0.6 is 23.1 Å². The Labute approximate surface area is 118 Å². The van der Waals surface area contributed by atoms with E-state index in [9.17, 15) is 9.18 Å². The highest BCUT2D eigenvalue weighted by Gasteiger charge is 2.07. The normalized spacial score (nSPS) is 10.6. The van der Waals surface area contributed by atoms with Crippen LogP contribution in [0.15, 0.2) is 34.5 Å². The first-order valence-electron chi connectivity index (χ1n) is 5.67. The van der Waals surface area contributed by atoms with Gasteiger partial charge >= 0.3 is 5.97 Å². The van der Waals surface area contributed by atoms with Gasteiger partial charge in [0.05, 0.1) is 17.9 Å². The Morgan fingerprint density at radius 3 is 2.95 bits per heavy atom. The number of nitrogens with zero attached hydrogens (tertiary/aromatic N) is 1. The molecule has 0 saturated heterocycles. The monoisotopic (exact) mass is 297 g/mol. The molecule has 1 heterocycles. The van der Waals surface area contributed by atoms with Crippen molar-refractivity contribution in [1.82, 2.24) is 4.98 Å². The number of aryl methyl sites for hydroxylation is 1. The lowest BCUT2D eigenvalue weighted by Crippen LogP contribution is -1.97. The molecule has 100 valence electrons. The Morgan fingerprint density at radius 1 is 1.42 bits per heavy atom. The second-order valence-corrected chi connectivity index (χ2v) is 5.81. The molecule has 0 fully saturated rings. The van der Waals surface area contributed by atoms with Crippen LogP contribution in [0.3, 0.4) is 0 Å². The molecule has 0 radical (unpaired) electrons. The first-order chi connectivity index (χ1) is 9.15. The molecule has 3 nitrogen and oxygen atoms in total. The molecular formula is C13H12FNO2S2. The molecule has 0 amide bonds. The predicted octanol–water partition coefficient (Wildman–Crippen LogP) is 3.59. The summed E-state index contributed by atoms with van der Waals surface area (Å²) in [7, 11) is 0. The van der Waals surface area contributed by atoms with Gasteiger partial charge in [0.1, 0.15) is 10.8 Å². The highest BCUT2D eigenvalue weighted by atomic mass is 32.2. The van der Waals surface area contributed by atoms with Gasteiger partial charge in [-0.1, -0.05) is 12.1 Å². The lowest BCUT2D eigenvalue weighted by molar-refractivity contribution is -0.136. The molecule has 0 atom stereocenters. The van der Waals surface area contributed by atoms with Crippen LogP contribution in [0.4, 0.5) is 4.39 Å². The van der Waals surface area contributed by atoms with E-state index >= 15 is 0 Å². The van der Waals surface area contributed by atoms with Gasteiger partial charge in [-0.05, 0) is 12.1 Å². The molecule has 2 aromatic rings. The van der Waals surface area contributed by atoms with Gasteiger partial charge in [0.2, 0.25) is 0 Å². The molecule has 0 aliphatic heterocycles. The van der Waals surface area contributed by atoms with E-state index in [0.29, 0.717) is 17.1 Å². The van der Waals surface area contributed by atoms with Crippen molar-refractivity contribution in [1.29, 1.82) is 0 Å². The third-order valence-electron chi connectivity index (χ3n) is 2.38. The van der Waals surface area contributed by atoms with Gasteiger partial charge in [-0.3, -0.25) is 4.79 Å². The predicted molar refractivity (Wildman–Crippen MR) is 74.0 cm³/mol. The maximum Gasteiger partial charge on any atom is 0.303 e. The Morgan fingerprint density at radius 2 is 2.21 bits per heavy atom. The van der Waals surface area contributed by atoms with E-state index in [1.165, 1.54) is 29.2 Å². The number of benzene rings is 1. The van der Waals surface area contributed by atoms with Crippen LogP contribution in [0, 0.1) is 5.82 Å². The maximum absolute atomic E-state index is 13.4. The molecule has 19 heavy (non-hydrogen) atoms. The second-order valence-electron chi connectivity index (χ2n) is 3.85. The van der Waals surface area contributed by atoms with E-state index < -0.39 is 5.97 Å². The topological polar surface area (TPSA) is 50.2 Å². The number of rotatable bonds is 6. The minimum absolute atomic E-state index is 0.0869. The van der Waals surface area contributed by atoms with Crippen molar-refractivity contribution in [2.45, 2.75) is 23.5 Å². The fourth-order valence-corrected chi connectivity index (χ4v) is 3.25. The van der Waals surface area contributed by atoms with E-state index in [-0.39, 0.29) is 12.2 Å². The third-order valence-corrected chi connectivity index (χ3v) is 4.52. The molecule has 0 aliphatic carbocycles. The first kappa shape index (κ1) is 14.0. The zero-order chi connectivity index (χ0) is 13.7. The van der Waals surface area contributed by atoms with Crippen LogP contribution in [-0.2, 0) is 17.0 Å². The molecule has 1 aromatic carbocycles. The number of aliphatic carboxylic acids is 1. The number of carbonyl (C=O) groups is 1. The van der Waals surface area contributed by atoms with Crippen molar-refractivity contribution in [3.05, 3.63) is 46.2 Å². The number of hydrogen-bond donors (Lipinski definition) is 1. The van der Waals surface area contributed by atoms with Gasteiger partial charge in [-0.25, -0.2) is 9.37 Å². The average Bonchev–Trinajstić information content (AvgIpc) is 2.83. The van der Waals surface area contributed by atoms with E-state index in [1.807, 2.05) is 5.38 Å². The van der Waals surface area contributed by atoms with Crippen molar-refractivity contribution in [3.8, 4) is 0 Å². The number of halogens is 1. The lowest BCUT2D eigenvalue weighted by atomic mass is 10.2. The molecule has 6 heteroatoms. The van der Waals surface area contributed by atoms with Crippen molar-refractivity contribution >= 4 is 29.1 Å². The highest BCUT2D eigenvalue weighted by molar-refractivity contribution is 7.98. The summed E-state index contributed by atoms with van der Waals surface area (Å²) in [5.74, 6) is -0.455. The van der Waals surface area contributed by atoms with Gasteiger partial charge in [0, 0.05) is 16.7 Å². The maximum atomic E-state index is 13.4. The number of thiazole rings is 1. The van der Waals surface area contributed by atoms with Crippen LogP contribution < -0.4 is 0 Å². The summed E-state index contributed by atoms with van der Waals surface area (Å²) in [6.45, 7) is 0. The van der Waals surface area contributed by atoms with Crippen molar-refractivity contribution in [3.63, 3.8) is 0 Å². The molecule has 0 saturated carbocycles. The number of thioether (sulfide) groups is 1. The Bertz CT molecular complexity index is 571. The van der Waals surface area contributed by atoms with Gasteiger partial charge in [0.15, 0.2) is 0 Å². The fourth-order valence-electron chi connectivity index (χ4n) is 1.47. The van der Waals surface area contributed by atoms with Crippen molar-refractivity contribution < 1.29 is 14.3 Å². The molecule has 0 unspecified atom stereocenters. The van der Waals surface area contributed by atoms with Gasteiger partial charge in [0.25, 0.3) is 0 Å². The van der Waals surface area contributed by atoms with Crippen LogP contribution in [0.2, 0.25) is 0 Å². The van der Waals surface area contributed by atoms with Crippen molar-refractivity contribution in [2.24, 2.45) is 0 Å². The minimum atomic E-state index is -0.824. The smallest absolute Gasteiger partial charge is 0.303 e. The summed E-state index contributed by atoms with van der Waals surface area (Å²) < 4.78 is 13.4. The minimum Gasteiger partial charge on any atom is -0.481 e. The number of carboxylic acids is 1. The summed E-state index contributed by atoms with van der Waals surface area (Å²) in [4.78, 5) is 15.4. The molecule has 2 rings (SSSR count). The SMILES string of the molecule is O=C(O)CCc1csc(CSc2ccccc2F)n1. The summed E-state index contributed by atoms with van der Waals surface area (Å²) in [5, 5.41) is 11.3. The molecular weight excluding hydrogens is 285 g/mol. The van der Waals surface area contributed by atoms with E-state index in [4.69, 9.17) is 5.11 Å².